The number of nitrogens with two attached hydrogens (primary N) is 1. The highest BCUT2D eigenvalue weighted by atomic mass is 16.5. The molecule has 3 nitrogen and oxygen atoms in total. The molecular weight excluding hydrogens is 224 g/mol. The molecule has 0 bridgehead atoms. The van der Waals surface area contributed by atoms with Crippen LogP contribution in [0.5, 0.6) is 11.5 Å². The second kappa shape index (κ2) is 6.05. The Kier molecular flexibility index (Phi) is 4.18. The lowest BCUT2D eigenvalue weighted by Gasteiger charge is -2.07. The van der Waals surface area contributed by atoms with Gasteiger partial charge in [-0.2, -0.15) is 0 Å². The topological polar surface area (TPSA) is 48.1 Å². The van der Waals surface area contributed by atoms with Gasteiger partial charge >= 0.3 is 0 Å². The summed E-state index contributed by atoms with van der Waals surface area (Å²) in [4.78, 5) is 3.93. The molecule has 0 atom stereocenters. The normalized spacial score (nSPS) is 10.3. The molecule has 0 fully saturated rings. The summed E-state index contributed by atoms with van der Waals surface area (Å²) in [5.41, 5.74) is 6.95. The van der Waals surface area contributed by atoms with Crippen molar-refractivity contribution in [1.29, 1.82) is 0 Å². The molecule has 0 aliphatic heterocycles. The van der Waals surface area contributed by atoms with Gasteiger partial charge in [-0.15, -0.1) is 0 Å². The third kappa shape index (κ3) is 3.48. The third-order valence-corrected chi connectivity index (χ3v) is 2.73. The Hall–Kier alpha value is -2.03. The Balaban J connectivity index is 2.02. The van der Waals surface area contributed by atoms with E-state index in [1.165, 1.54) is 18.4 Å². The highest BCUT2D eigenvalue weighted by Gasteiger charge is 1.99. The summed E-state index contributed by atoms with van der Waals surface area (Å²) < 4.78 is 5.70. The van der Waals surface area contributed by atoms with Gasteiger partial charge in [0.05, 0.1) is 0 Å². The summed E-state index contributed by atoms with van der Waals surface area (Å²) in [6.07, 6.45) is 5.20. The Morgan fingerprint density at radius 3 is 2.56 bits per heavy atom. The molecule has 0 saturated carbocycles. The molecule has 18 heavy (non-hydrogen) atoms. The largest absolute Gasteiger partial charge is 0.457 e. The first-order valence-electron chi connectivity index (χ1n) is 6.26. The molecule has 94 valence electrons. The van der Waals surface area contributed by atoms with Crippen LogP contribution in [0.15, 0.2) is 42.6 Å². The van der Waals surface area contributed by atoms with E-state index >= 15 is 0 Å². The van der Waals surface area contributed by atoms with Gasteiger partial charge in [0, 0.05) is 12.3 Å². The molecule has 0 radical (unpaired) electrons. The minimum Gasteiger partial charge on any atom is -0.457 e. The molecule has 0 amide bonds. The number of unbranched alkanes of at least 4 members (excludes halogenated alkanes) is 1. The molecule has 2 rings (SSSR count). The van der Waals surface area contributed by atoms with Crippen molar-refractivity contribution < 1.29 is 4.74 Å². The molecule has 0 aliphatic rings. The number of rotatable bonds is 5. The highest BCUT2D eigenvalue weighted by molar-refractivity contribution is 5.39. The van der Waals surface area contributed by atoms with E-state index in [9.17, 15) is 0 Å². The molecule has 1 aromatic carbocycles. The van der Waals surface area contributed by atoms with E-state index < -0.39 is 0 Å². The lowest BCUT2D eigenvalue weighted by molar-refractivity contribution is 0.482. The first-order chi connectivity index (χ1) is 8.78. The van der Waals surface area contributed by atoms with E-state index in [0.29, 0.717) is 11.6 Å². The molecule has 2 aromatic rings. The van der Waals surface area contributed by atoms with E-state index in [1.54, 1.807) is 18.3 Å². The van der Waals surface area contributed by atoms with Crippen LogP contribution in [0.4, 0.5) is 5.82 Å². The zero-order valence-corrected chi connectivity index (χ0v) is 10.6. The summed E-state index contributed by atoms with van der Waals surface area (Å²) in [6.45, 7) is 2.20. The average molecular weight is 242 g/mol. The molecule has 0 saturated heterocycles. The quantitative estimate of drug-likeness (QED) is 0.867. The van der Waals surface area contributed by atoms with Gasteiger partial charge in [0.1, 0.15) is 17.3 Å². The molecular formula is C15H18N2O. The van der Waals surface area contributed by atoms with Crippen molar-refractivity contribution in [2.45, 2.75) is 26.2 Å². The number of benzene rings is 1. The minimum absolute atomic E-state index is 0.465. The van der Waals surface area contributed by atoms with Gasteiger partial charge in [-0.1, -0.05) is 25.5 Å². The van der Waals surface area contributed by atoms with Crippen LogP contribution in [0.3, 0.4) is 0 Å². The number of hydrogen-bond donors (Lipinski definition) is 1. The van der Waals surface area contributed by atoms with Crippen LogP contribution in [-0.4, -0.2) is 4.98 Å². The number of ether oxygens (including phenoxy) is 1. The van der Waals surface area contributed by atoms with Crippen molar-refractivity contribution in [3.05, 3.63) is 48.2 Å². The number of hydrogen-bond acceptors (Lipinski definition) is 3. The molecule has 0 unspecified atom stereocenters. The number of aromatic nitrogens is 1. The lowest BCUT2D eigenvalue weighted by Crippen LogP contribution is -1.91. The Bertz CT molecular complexity index is 494. The van der Waals surface area contributed by atoms with E-state index in [0.717, 1.165) is 12.2 Å². The van der Waals surface area contributed by atoms with E-state index in [-0.39, 0.29) is 0 Å². The molecule has 1 heterocycles. The maximum atomic E-state index is 5.70. The fourth-order valence-electron chi connectivity index (χ4n) is 1.73. The van der Waals surface area contributed by atoms with Crippen molar-refractivity contribution in [3.8, 4) is 11.5 Å². The lowest BCUT2D eigenvalue weighted by atomic mass is 10.1. The van der Waals surface area contributed by atoms with Crippen molar-refractivity contribution in [2.24, 2.45) is 0 Å². The van der Waals surface area contributed by atoms with Crippen LogP contribution in [-0.2, 0) is 6.42 Å². The number of nitrogen functional groups attached to an aromatic ring is 1. The van der Waals surface area contributed by atoms with Crippen LogP contribution in [0.1, 0.15) is 25.3 Å². The minimum atomic E-state index is 0.465. The van der Waals surface area contributed by atoms with Crippen LogP contribution < -0.4 is 10.5 Å². The third-order valence-electron chi connectivity index (χ3n) is 2.73. The Labute approximate surface area is 108 Å². The van der Waals surface area contributed by atoms with E-state index in [4.69, 9.17) is 10.5 Å². The van der Waals surface area contributed by atoms with Gasteiger partial charge in [-0.25, -0.2) is 4.98 Å². The zero-order chi connectivity index (χ0) is 12.8. The molecule has 0 spiro atoms. The summed E-state index contributed by atoms with van der Waals surface area (Å²) in [5, 5.41) is 0. The smallest absolute Gasteiger partial charge is 0.132 e. The fraction of sp³-hybridized carbons (Fsp3) is 0.267. The molecule has 3 heteroatoms. The van der Waals surface area contributed by atoms with Crippen LogP contribution in [0, 0.1) is 0 Å². The van der Waals surface area contributed by atoms with Crippen molar-refractivity contribution in [2.75, 3.05) is 5.73 Å². The monoisotopic (exact) mass is 242 g/mol. The number of pyridine rings is 1. The summed E-state index contributed by atoms with van der Waals surface area (Å²) in [7, 11) is 0. The SMILES string of the molecule is CCCCc1ccc(Oc2ccnc(N)c2)cc1. The van der Waals surface area contributed by atoms with Gasteiger partial charge in [0.2, 0.25) is 0 Å². The summed E-state index contributed by atoms with van der Waals surface area (Å²) in [5.74, 6) is 2.00. The van der Waals surface area contributed by atoms with Gasteiger partial charge in [-0.05, 0) is 36.6 Å². The van der Waals surface area contributed by atoms with E-state index in [2.05, 4.69) is 24.0 Å². The fourth-order valence-corrected chi connectivity index (χ4v) is 1.73. The van der Waals surface area contributed by atoms with Crippen molar-refractivity contribution in [1.82, 2.24) is 4.98 Å². The van der Waals surface area contributed by atoms with E-state index in [1.807, 2.05) is 12.1 Å². The van der Waals surface area contributed by atoms with Gasteiger partial charge in [-0.3, -0.25) is 0 Å². The summed E-state index contributed by atoms with van der Waals surface area (Å²) in [6, 6.07) is 11.7. The zero-order valence-electron chi connectivity index (χ0n) is 10.6. The molecule has 2 N–H and O–H groups in total. The maximum Gasteiger partial charge on any atom is 0.132 e. The van der Waals surface area contributed by atoms with Gasteiger partial charge in [0.15, 0.2) is 0 Å². The first-order valence-corrected chi connectivity index (χ1v) is 6.26. The van der Waals surface area contributed by atoms with Crippen LogP contribution in [0.2, 0.25) is 0 Å². The van der Waals surface area contributed by atoms with Crippen molar-refractivity contribution >= 4 is 5.82 Å². The van der Waals surface area contributed by atoms with Gasteiger partial charge < -0.3 is 10.5 Å². The maximum absolute atomic E-state index is 5.70. The standard InChI is InChI=1S/C15H18N2O/c1-2-3-4-12-5-7-13(8-6-12)18-14-9-10-17-15(16)11-14/h5-11H,2-4H2,1H3,(H2,16,17). The van der Waals surface area contributed by atoms with Crippen LogP contribution in [0.25, 0.3) is 0 Å². The predicted molar refractivity (Wildman–Crippen MR) is 73.8 cm³/mol. The Morgan fingerprint density at radius 2 is 1.89 bits per heavy atom. The average Bonchev–Trinajstić information content (AvgIpc) is 2.38. The van der Waals surface area contributed by atoms with Crippen molar-refractivity contribution in [3.63, 3.8) is 0 Å². The summed E-state index contributed by atoms with van der Waals surface area (Å²) >= 11 is 0. The number of nitrogens with zero attached hydrogens (tertiary/aromatic N) is 1. The molecule has 1 aromatic heterocycles. The Morgan fingerprint density at radius 1 is 1.11 bits per heavy atom. The number of aryl methyl sites for hydroxylation is 1. The number of anilines is 1. The second-order valence-corrected chi connectivity index (χ2v) is 4.27. The predicted octanol–water partition coefficient (Wildman–Crippen LogP) is 3.80. The second-order valence-electron chi connectivity index (χ2n) is 4.27. The van der Waals surface area contributed by atoms with Gasteiger partial charge in [0.25, 0.3) is 0 Å². The van der Waals surface area contributed by atoms with Crippen LogP contribution >= 0.6 is 0 Å². The first kappa shape index (κ1) is 12.4. The molecule has 0 aliphatic carbocycles. The highest BCUT2D eigenvalue weighted by Crippen LogP contribution is 2.22.